The van der Waals surface area contributed by atoms with Gasteiger partial charge in [0.1, 0.15) is 18.3 Å². The molecular formula is C21H25IO5. The maximum Gasteiger partial charge on any atom is 0.186 e. The molecule has 1 N–H and O–H groups in total. The highest BCUT2D eigenvalue weighted by atomic mass is 127. The summed E-state index contributed by atoms with van der Waals surface area (Å²) in [4.78, 5) is 0. The summed E-state index contributed by atoms with van der Waals surface area (Å²) in [6.45, 7) is 0.777. The molecule has 1 fully saturated rings. The van der Waals surface area contributed by atoms with Gasteiger partial charge in [0, 0.05) is 11.5 Å². The molecule has 146 valence electrons. The highest BCUT2D eigenvalue weighted by molar-refractivity contribution is 14.1. The zero-order valence-electron chi connectivity index (χ0n) is 15.2. The summed E-state index contributed by atoms with van der Waals surface area (Å²) in [6, 6.07) is 19.8. The smallest absolute Gasteiger partial charge is 0.186 e. The molecule has 0 spiro atoms. The molecule has 1 aliphatic rings. The normalized spacial score (nSPS) is 28.2. The SMILES string of the molecule is COC1OC(CI)[C@@H](O)[C@H](OCc2ccccc2)[C@H]1OCc1ccccc1. The third-order valence-electron chi connectivity index (χ3n) is 4.57. The summed E-state index contributed by atoms with van der Waals surface area (Å²) in [5.41, 5.74) is 2.08. The van der Waals surface area contributed by atoms with Gasteiger partial charge in [0.25, 0.3) is 0 Å². The predicted octanol–water partition coefficient (Wildman–Crippen LogP) is 3.32. The summed E-state index contributed by atoms with van der Waals surface area (Å²) >= 11 is 2.20. The molecule has 1 aliphatic heterocycles. The van der Waals surface area contributed by atoms with E-state index in [-0.39, 0.29) is 6.10 Å². The van der Waals surface area contributed by atoms with Crippen LogP contribution in [-0.4, -0.2) is 47.3 Å². The lowest BCUT2D eigenvalue weighted by Crippen LogP contribution is -2.60. The van der Waals surface area contributed by atoms with Crippen molar-refractivity contribution < 1.29 is 24.1 Å². The van der Waals surface area contributed by atoms with Gasteiger partial charge in [-0.3, -0.25) is 0 Å². The Bertz CT molecular complexity index is 669. The molecule has 2 aromatic carbocycles. The molecule has 1 saturated heterocycles. The van der Waals surface area contributed by atoms with Gasteiger partial charge in [0.15, 0.2) is 6.29 Å². The van der Waals surface area contributed by atoms with Crippen molar-refractivity contribution in [3.63, 3.8) is 0 Å². The van der Waals surface area contributed by atoms with Crippen LogP contribution >= 0.6 is 22.6 Å². The van der Waals surface area contributed by atoms with Crippen molar-refractivity contribution >= 4 is 22.6 Å². The summed E-state index contributed by atoms with van der Waals surface area (Å²) in [5.74, 6) is 0. The minimum Gasteiger partial charge on any atom is -0.388 e. The number of hydrogen-bond donors (Lipinski definition) is 1. The maximum absolute atomic E-state index is 10.8. The second-order valence-corrected chi connectivity index (χ2v) is 7.33. The number of alkyl halides is 1. The van der Waals surface area contributed by atoms with Gasteiger partial charge in [-0.1, -0.05) is 83.3 Å². The van der Waals surface area contributed by atoms with E-state index in [1.165, 1.54) is 0 Å². The van der Waals surface area contributed by atoms with Crippen molar-refractivity contribution in [3.8, 4) is 0 Å². The van der Waals surface area contributed by atoms with Crippen LogP contribution in [0.5, 0.6) is 0 Å². The second-order valence-electron chi connectivity index (χ2n) is 6.45. The average molecular weight is 484 g/mol. The maximum atomic E-state index is 10.8. The minimum absolute atomic E-state index is 0.368. The zero-order chi connectivity index (χ0) is 19.1. The van der Waals surface area contributed by atoms with E-state index in [1.807, 2.05) is 60.7 Å². The topological polar surface area (TPSA) is 57.2 Å². The number of aliphatic hydroxyl groups excluding tert-OH is 1. The second kappa shape index (κ2) is 10.5. The Morgan fingerprint density at radius 1 is 0.889 bits per heavy atom. The lowest BCUT2D eigenvalue weighted by atomic mass is 9.99. The molecule has 5 nitrogen and oxygen atoms in total. The van der Waals surface area contributed by atoms with E-state index in [2.05, 4.69) is 22.6 Å². The van der Waals surface area contributed by atoms with Crippen LogP contribution in [0.3, 0.4) is 0 Å². The van der Waals surface area contributed by atoms with E-state index in [4.69, 9.17) is 18.9 Å². The van der Waals surface area contributed by atoms with E-state index < -0.39 is 24.6 Å². The molecule has 0 radical (unpaired) electrons. The zero-order valence-corrected chi connectivity index (χ0v) is 17.4. The first-order valence-corrected chi connectivity index (χ1v) is 10.5. The van der Waals surface area contributed by atoms with Crippen LogP contribution in [0.4, 0.5) is 0 Å². The Morgan fingerprint density at radius 3 is 1.89 bits per heavy atom. The van der Waals surface area contributed by atoms with Crippen molar-refractivity contribution in [1.29, 1.82) is 0 Å². The quantitative estimate of drug-likeness (QED) is 0.461. The molecule has 0 bridgehead atoms. The molecule has 2 unspecified atom stereocenters. The van der Waals surface area contributed by atoms with Crippen molar-refractivity contribution in [2.24, 2.45) is 0 Å². The minimum atomic E-state index is -0.794. The van der Waals surface area contributed by atoms with Crippen LogP contribution in [0.2, 0.25) is 0 Å². The first-order valence-electron chi connectivity index (χ1n) is 8.96. The van der Waals surface area contributed by atoms with Crippen LogP contribution < -0.4 is 0 Å². The average Bonchev–Trinajstić information content (AvgIpc) is 2.73. The van der Waals surface area contributed by atoms with E-state index in [1.54, 1.807) is 7.11 Å². The first-order chi connectivity index (χ1) is 13.2. The number of halogens is 1. The molecule has 2 aromatic rings. The van der Waals surface area contributed by atoms with Gasteiger partial charge in [0.05, 0.1) is 19.3 Å². The number of hydrogen-bond acceptors (Lipinski definition) is 5. The fourth-order valence-electron chi connectivity index (χ4n) is 3.11. The highest BCUT2D eigenvalue weighted by Gasteiger charge is 2.46. The molecule has 5 atom stereocenters. The molecule has 3 rings (SSSR count). The number of aliphatic hydroxyl groups is 1. The summed E-state index contributed by atoms with van der Waals surface area (Å²) in [5, 5.41) is 10.8. The molecule has 27 heavy (non-hydrogen) atoms. The Balaban J connectivity index is 1.73. The number of benzene rings is 2. The largest absolute Gasteiger partial charge is 0.388 e. The van der Waals surface area contributed by atoms with Gasteiger partial charge in [-0.2, -0.15) is 0 Å². The summed E-state index contributed by atoms with van der Waals surface area (Å²) in [7, 11) is 1.58. The van der Waals surface area contributed by atoms with Crippen molar-refractivity contribution in [1.82, 2.24) is 0 Å². The van der Waals surface area contributed by atoms with Crippen LogP contribution in [0.25, 0.3) is 0 Å². The van der Waals surface area contributed by atoms with Gasteiger partial charge in [-0.15, -0.1) is 0 Å². The lowest BCUT2D eigenvalue weighted by molar-refractivity contribution is -0.305. The Kier molecular flexibility index (Phi) is 8.05. The molecule has 0 aromatic heterocycles. The molecule has 1 heterocycles. The predicted molar refractivity (Wildman–Crippen MR) is 111 cm³/mol. The van der Waals surface area contributed by atoms with Crippen LogP contribution in [0.15, 0.2) is 60.7 Å². The molecule has 0 saturated carbocycles. The third kappa shape index (κ3) is 5.49. The van der Waals surface area contributed by atoms with Crippen molar-refractivity contribution in [2.75, 3.05) is 11.5 Å². The van der Waals surface area contributed by atoms with E-state index in [9.17, 15) is 5.11 Å². The van der Waals surface area contributed by atoms with Gasteiger partial charge in [-0.25, -0.2) is 0 Å². The summed E-state index contributed by atoms with van der Waals surface area (Å²) < 4.78 is 24.3. The Labute approximate surface area is 173 Å². The molecule has 0 amide bonds. The number of methoxy groups -OCH3 is 1. The van der Waals surface area contributed by atoms with E-state index in [0.717, 1.165) is 11.1 Å². The van der Waals surface area contributed by atoms with Gasteiger partial charge in [-0.05, 0) is 11.1 Å². The van der Waals surface area contributed by atoms with Crippen LogP contribution in [-0.2, 0) is 32.2 Å². The molecule has 0 aliphatic carbocycles. The van der Waals surface area contributed by atoms with Gasteiger partial charge < -0.3 is 24.1 Å². The Morgan fingerprint density at radius 2 is 1.41 bits per heavy atom. The monoisotopic (exact) mass is 484 g/mol. The van der Waals surface area contributed by atoms with E-state index in [0.29, 0.717) is 17.6 Å². The number of ether oxygens (including phenoxy) is 4. The fourth-order valence-corrected chi connectivity index (χ4v) is 3.84. The van der Waals surface area contributed by atoms with Crippen LogP contribution in [0, 0.1) is 0 Å². The lowest BCUT2D eigenvalue weighted by Gasteiger charge is -2.43. The highest BCUT2D eigenvalue weighted by Crippen LogP contribution is 2.29. The van der Waals surface area contributed by atoms with Crippen LogP contribution in [0.1, 0.15) is 11.1 Å². The van der Waals surface area contributed by atoms with Gasteiger partial charge >= 0.3 is 0 Å². The fraction of sp³-hybridized carbons (Fsp3) is 0.429. The van der Waals surface area contributed by atoms with E-state index >= 15 is 0 Å². The summed E-state index contributed by atoms with van der Waals surface area (Å²) in [6.07, 6.45) is -2.84. The standard InChI is InChI=1S/C21H25IO5/c1-24-21-20(26-14-16-10-6-3-7-11-16)19(18(23)17(12-22)27-21)25-13-15-8-4-2-5-9-15/h2-11,17-21,23H,12-14H2,1H3/t17?,18-,19+,20-,21?/m1/s1. The number of rotatable bonds is 8. The third-order valence-corrected chi connectivity index (χ3v) is 5.44. The van der Waals surface area contributed by atoms with Gasteiger partial charge in [0.2, 0.25) is 0 Å². The Hall–Kier alpha value is -1.03. The van der Waals surface area contributed by atoms with Crippen molar-refractivity contribution in [3.05, 3.63) is 71.8 Å². The van der Waals surface area contributed by atoms with Crippen molar-refractivity contribution in [2.45, 2.75) is 43.9 Å². The first kappa shape index (κ1) is 20.7. The molecule has 6 heteroatoms. The molecular weight excluding hydrogens is 459 g/mol.